The lowest BCUT2D eigenvalue weighted by Gasteiger charge is -2.07. The van der Waals surface area contributed by atoms with Crippen LogP contribution in [0.4, 0.5) is 5.69 Å². The lowest BCUT2D eigenvalue weighted by Crippen LogP contribution is -2.41. The second-order valence-electron chi connectivity index (χ2n) is 4.17. The molecule has 2 N–H and O–H groups in total. The highest BCUT2D eigenvalue weighted by atomic mass is 16.7. The van der Waals surface area contributed by atoms with Crippen LogP contribution in [0.2, 0.25) is 0 Å². The zero-order valence-corrected chi connectivity index (χ0v) is 10.6. The zero-order valence-electron chi connectivity index (χ0n) is 10.6. The first kappa shape index (κ1) is 13.9. The predicted octanol–water partition coefficient (Wildman–Crippen LogP) is 0.453. The summed E-state index contributed by atoms with van der Waals surface area (Å²) in [6.07, 6.45) is -0.875. The van der Waals surface area contributed by atoms with Crippen LogP contribution in [0.3, 0.4) is 0 Å². The molecule has 0 aliphatic carbocycles. The number of nitro groups is 1. The molecule has 1 aliphatic heterocycles. The van der Waals surface area contributed by atoms with Crippen molar-refractivity contribution in [2.75, 3.05) is 6.61 Å². The number of amides is 1. The summed E-state index contributed by atoms with van der Waals surface area (Å²) >= 11 is 0. The minimum absolute atomic E-state index is 0.0875. The quantitative estimate of drug-likeness (QED) is 0.274. The number of carbonyl (C=O) groups excluding carboxylic acids is 2. The van der Waals surface area contributed by atoms with Gasteiger partial charge < -0.3 is 15.2 Å². The number of primary amides is 1. The Hall–Kier alpha value is -2.48. The van der Waals surface area contributed by atoms with Crippen LogP contribution in [-0.2, 0) is 19.1 Å². The van der Waals surface area contributed by atoms with Crippen molar-refractivity contribution in [3.63, 3.8) is 0 Å². The average molecular weight is 280 g/mol. The number of nitro benzene ring substituents is 1. The van der Waals surface area contributed by atoms with Crippen molar-refractivity contribution in [3.05, 3.63) is 39.9 Å². The first-order chi connectivity index (χ1) is 9.43. The number of benzene rings is 1. The number of esters is 1. The molecule has 1 aliphatic rings. The summed E-state index contributed by atoms with van der Waals surface area (Å²) in [6, 6.07) is 5.33. The van der Waals surface area contributed by atoms with Crippen LogP contribution in [-0.4, -0.2) is 29.0 Å². The number of nitrogens with two attached hydrogens (primary N) is 1. The van der Waals surface area contributed by atoms with E-state index in [2.05, 4.69) is 0 Å². The second kappa shape index (κ2) is 4.89. The fraction of sp³-hybridized carbons (Fsp3) is 0.333. The molecule has 1 aromatic rings. The van der Waals surface area contributed by atoms with Gasteiger partial charge in [-0.3, -0.25) is 14.9 Å². The zero-order chi connectivity index (χ0) is 14.9. The Morgan fingerprint density at radius 3 is 2.50 bits per heavy atom. The lowest BCUT2D eigenvalue weighted by molar-refractivity contribution is -0.384. The fourth-order valence-electron chi connectivity index (χ4n) is 1.91. The highest BCUT2D eigenvalue weighted by Crippen LogP contribution is 2.50. The van der Waals surface area contributed by atoms with Gasteiger partial charge in [-0.25, -0.2) is 4.79 Å². The van der Waals surface area contributed by atoms with Gasteiger partial charge in [0, 0.05) is 12.1 Å². The van der Waals surface area contributed by atoms with Gasteiger partial charge in [0.1, 0.15) is 6.10 Å². The summed E-state index contributed by atoms with van der Waals surface area (Å²) in [4.78, 5) is 33.2. The number of rotatable bonds is 5. The Morgan fingerprint density at radius 2 is 2.05 bits per heavy atom. The van der Waals surface area contributed by atoms with E-state index in [0.717, 1.165) is 0 Å². The number of non-ortho nitro benzene ring substituents is 1. The van der Waals surface area contributed by atoms with Crippen molar-refractivity contribution in [1.29, 1.82) is 0 Å². The Labute approximate surface area is 113 Å². The Morgan fingerprint density at radius 1 is 1.45 bits per heavy atom. The third-order valence-electron chi connectivity index (χ3n) is 2.97. The van der Waals surface area contributed by atoms with Gasteiger partial charge in [-0.1, -0.05) is 0 Å². The van der Waals surface area contributed by atoms with E-state index in [9.17, 15) is 19.7 Å². The van der Waals surface area contributed by atoms with Gasteiger partial charge in [-0.05, 0) is 24.6 Å². The van der Waals surface area contributed by atoms with Gasteiger partial charge in [0.25, 0.3) is 17.2 Å². The summed E-state index contributed by atoms with van der Waals surface area (Å²) in [5, 5.41) is 10.6. The molecule has 0 bridgehead atoms. The molecule has 0 spiro atoms. The van der Waals surface area contributed by atoms with Gasteiger partial charge in [-0.15, -0.1) is 0 Å². The van der Waals surface area contributed by atoms with E-state index in [-0.39, 0.29) is 12.3 Å². The molecule has 2 rings (SSSR count). The molecule has 8 nitrogen and oxygen atoms in total. The van der Waals surface area contributed by atoms with Crippen molar-refractivity contribution in [2.45, 2.75) is 18.6 Å². The van der Waals surface area contributed by atoms with Crippen LogP contribution in [0.5, 0.6) is 0 Å². The largest absolute Gasteiger partial charge is 0.463 e. The summed E-state index contributed by atoms with van der Waals surface area (Å²) in [7, 11) is 0. The minimum atomic E-state index is -1.83. The molecule has 1 aromatic carbocycles. The van der Waals surface area contributed by atoms with Crippen LogP contribution in [0.15, 0.2) is 24.3 Å². The number of carbonyl (C=O) groups is 2. The van der Waals surface area contributed by atoms with Crippen LogP contribution < -0.4 is 5.73 Å². The molecule has 1 fully saturated rings. The summed E-state index contributed by atoms with van der Waals surface area (Å²) < 4.78 is 9.92. The molecule has 0 aromatic heterocycles. The van der Waals surface area contributed by atoms with Crippen molar-refractivity contribution >= 4 is 17.6 Å². The lowest BCUT2D eigenvalue weighted by atomic mass is 9.98. The molecular formula is C12H12N2O6. The third-order valence-corrected chi connectivity index (χ3v) is 2.97. The van der Waals surface area contributed by atoms with Crippen molar-refractivity contribution in [3.8, 4) is 0 Å². The number of ether oxygens (including phenoxy) is 2. The van der Waals surface area contributed by atoms with E-state index in [1.54, 1.807) is 6.92 Å². The van der Waals surface area contributed by atoms with E-state index in [0.29, 0.717) is 5.56 Å². The normalized spacial score (nSPS) is 23.9. The highest BCUT2D eigenvalue weighted by molar-refractivity contribution is 6.09. The van der Waals surface area contributed by atoms with E-state index in [4.69, 9.17) is 15.2 Å². The van der Waals surface area contributed by atoms with E-state index in [1.807, 2.05) is 0 Å². The minimum Gasteiger partial charge on any atom is -0.463 e. The first-order valence-corrected chi connectivity index (χ1v) is 5.82. The van der Waals surface area contributed by atoms with Crippen LogP contribution in [0.1, 0.15) is 18.6 Å². The van der Waals surface area contributed by atoms with Crippen molar-refractivity contribution < 1.29 is 24.0 Å². The monoisotopic (exact) mass is 280 g/mol. The molecule has 0 radical (unpaired) electrons. The van der Waals surface area contributed by atoms with Gasteiger partial charge in [0.2, 0.25) is 0 Å². The van der Waals surface area contributed by atoms with E-state index < -0.39 is 28.5 Å². The van der Waals surface area contributed by atoms with Gasteiger partial charge >= 0.3 is 5.97 Å². The van der Waals surface area contributed by atoms with Crippen LogP contribution >= 0.6 is 0 Å². The molecule has 2 unspecified atom stereocenters. The molecule has 106 valence electrons. The standard InChI is InChI=1S/C12H12N2O6/c1-2-19-11(16)12(10(13)15)9(20-12)7-3-5-8(6-4-7)14(17)18/h3-6,9H,2H2,1H3,(H2,13,15). The summed E-state index contributed by atoms with van der Waals surface area (Å²) in [6.45, 7) is 1.68. The maximum absolute atomic E-state index is 11.8. The molecule has 0 saturated carbocycles. The molecular weight excluding hydrogens is 268 g/mol. The van der Waals surface area contributed by atoms with Crippen LogP contribution in [0.25, 0.3) is 0 Å². The van der Waals surface area contributed by atoms with Crippen molar-refractivity contribution in [2.24, 2.45) is 5.73 Å². The predicted molar refractivity (Wildman–Crippen MR) is 65.5 cm³/mol. The molecule has 8 heteroatoms. The fourth-order valence-corrected chi connectivity index (χ4v) is 1.91. The van der Waals surface area contributed by atoms with Gasteiger partial charge in [0.05, 0.1) is 11.5 Å². The highest BCUT2D eigenvalue weighted by Gasteiger charge is 2.69. The smallest absolute Gasteiger partial charge is 0.351 e. The number of hydrogen-bond acceptors (Lipinski definition) is 6. The topological polar surface area (TPSA) is 125 Å². The maximum Gasteiger partial charge on any atom is 0.351 e. The number of hydrogen-bond donors (Lipinski definition) is 1. The average Bonchev–Trinajstić information content (AvgIpc) is 3.16. The maximum atomic E-state index is 11.8. The molecule has 20 heavy (non-hydrogen) atoms. The Kier molecular flexibility index (Phi) is 3.41. The SMILES string of the molecule is CCOC(=O)C1(C(N)=O)OC1c1ccc([N+](=O)[O-])cc1. The molecule has 1 amide bonds. The summed E-state index contributed by atoms with van der Waals surface area (Å²) in [5.74, 6) is -1.80. The molecule has 2 atom stereocenters. The van der Waals surface area contributed by atoms with Crippen LogP contribution in [0, 0.1) is 10.1 Å². The summed E-state index contributed by atoms with van der Waals surface area (Å²) in [5.41, 5.74) is 3.71. The second-order valence-corrected chi connectivity index (χ2v) is 4.17. The third kappa shape index (κ3) is 2.10. The van der Waals surface area contributed by atoms with E-state index in [1.165, 1.54) is 24.3 Å². The Balaban J connectivity index is 2.24. The molecule has 1 saturated heterocycles. The Bertz CT molecular complexity index is 570. The number of nitrogens with zero attached hydrogens (tertiary/aromatic N) is 1. The van der Waals surface area contributed by atoms with E-state index >= 15 is 0 Å². The van der Waals surface area contributed by atoms with Gasteiger partial charge in [-0.2, -0.15) is 0 Å². The first-order valence-electron chi connectivity index (χ1n) is 5.82. The van der Waals surface area contributed by atoms with Gasteiger partial charge in [0.15, 0.2) is 0 Å². The molecule has 1 heterocycles. The van der Waals surface area contributed by atoms with Crippen molar-refractivity contribution in [1.82, 2.24) is 0 Å². The number of epoxide rings is 1.